The van der Waals surface area contributed by atoms with E-state index >= 15 is 0 Å². The van der Waals surface area contributed by atoms with Crippen LogP contribution in [0, 0.1) is 0 Å². The maximum Gasteiger partial charge on any atom is 0.285 e. The van der Waals surface area contributed by atoms with E-state index in [1.165, 1.54) is 130 Å². The number of nitrogens with zero attached hydrogens (tertiary/aromatic N) is 3. The first-order valence-electron chi connectivity index (χ1n) is 39.7. The summed E-state index contributed by atoms with van der Waals surface area (Å²) in [5.74, 6) is 5.21. The Labute approximate surface area is 678 Å². The van der Waals surface area contributed by atoms with Crippen LogP contribution >= 0.6 is 34.4 Å². The number of aromatic nitrogens is 2. The molecule has 13 heterocycles. The van der Waals surface area contributed by atoms with Crippen molar-refractivity contribution in [1.82, 2.24) is 9.55 Å². The van der Waals surface area contributed by atoms with Gasteiger partial charge in [-0.3, -0.25) is 4.98 Å². The van der Waals surface area contributed by atoms with Crippen molar-refractivity contribution < 1.29 is 28.1 Å². The third-order valence-electron chi connectivity index (χ3n) is 25.2. The van der Waals surface area contributed by atoms with Gasteiger partial charge in [0.2, 0.25) is 19.7 Å². The predicted octanol–water partition coefficient (Wildman–Crippen LogP) is 21.3. The molecule has 0 fully saturated rings. The molecular weight excluding hydrogens is 1470 g/mol. The van der Waals surface area contributed by atoms with Crippen LogP contribution < -0.4 is 66.1 Å². The Kier molecular flexibility index (Phi) is 14.8. The van der Waals surface area contributed by atoms with Gasteiger partial charge in [-0.2, -0.15) is 0 Å². The Balaban J connectivity index is 0.000000103. The van der Waals surface area contributed by atoms with E-state index in [2.05, 4.69) is 305 Å². The maximum atomic E-state index is 6.92. The molecule has 5 aromatic heterocycles. The highest BCUT2D eigenvalue weighted by molar-refractivity contribution is 8.00. The van der Waals surface area contributed by atoms with Gasteiger partial charge in [0, 0.05) is 100 Å². The van der Waals surface area contributed by atoms with E-state index in [-0.39, 0.29) is 54.3 Å². The average molecular weight is 1540 g/mol. The fourth-order valence-electron chi connectivity index (χ4n) is 20.1. The highest BCUT2D eigenvalue weighted by Crippen LogP contribution is 2.55. The molecule has 13 aromatic carbocycles. The van der Waals surface area contributed by atoms with Gasteiger partial charge in [0.1, 0.15) is 39.8 Å². The Morgan fingerprint density at radius 1 is 0.443 bits per heavy atom. The van der Waals surface area contributed by atoms with Gasteiger partial charge < -0.3 is 37.6 Å². The fourth-order valence-corrected chi connectivity index (χ4v) is 24.0. The Morgan fingerprint density at radius 2 is 1.10 bits per heavy atom. The first-order chi connectivity index (χ1) is 56.4. The van der Waals surface area contributed by atoms with Gasteiger partial charge in [-0.1, -0.05) is 270 Å². The number of thioether (sulfide) groups is 1. The average Bonchev–Trinajstić information content (AvgIpc) is 1.69. The summed E-state index contributed by atoms with van der Waals surface area (Å²) in [4.78, 5) is 8.79. The molecule has 0 N–H and O–H groups in total. The second kappa shape index (κ2) is 25.3. The summed E-state index contributed by atoms with van der Waals surface area (Å²) in [7, 11) is 0. The lowest BCUT2D eigenvalue weighted by atomic mass is 9.31. The molecule has 0 saturated carbocycles. The van der Waals surface area contributed by atoms with E-state index in [0.29, 0.717) is 5.95 Å². The number of anilines is 3. The molecule has 0 bridgehead atoms. The van der Waals surface area contributed by atoms with E-state index in [1.807, 2.05) is 71.6 Å². The van der Waals surface area contributed by atoms with E-state index in [9.17, 15) is 0 Å². The molecule has 4 atom stereocenters. The molecule has 8 aliphatic rings. The summed E-state index contributed by atoms with van der Waals surface area (Å²) in [5.41, 5.74) is 26.8. The third kappa shape index (κ3) is 10.1. The molecule has 0 amide bonds. The smallest absolute Gasteiger partial charge is 0.285 e. The number of benzene rings is 13. The van der Waals surface area contributed by atoms with Crippen LogP contribution in [0.1, 0.15) is 74.1 Å². The van der Waals surface area contributed by atoms with E-state index < -0.39 is 0 Å². The van der Waals surface area contributed by atoms with Crippen molar-refractivity contribution in [3.05, 3.63) is 337 Å². The number of thiophene rings is 2. The highest BCUT2D eigenvalue weighted by atomic mass is 32.2. The maximum absolute atomic E-state index is 6.92. The zero-order chi connectivity index (χ0) is 76.3. The van der Waals surface area contributed by atoms with Gasteiger partial charge >= 0.3 is 0 Å². The molecule has 0 saturated heterocycles. The van der Waals surface area contributed by atoms with Crippen LogP contribution in [-0.4, -0.2) is 41.4 Å². The standard InChI is InChI=1S/C44H37BN2S.C34H20BNO2S2.C22H13BO4/c1-43(2,3)31-22-19-28(20-23-31)30-21-24-35-38(25-30)47(32-15-10-7-11-16-32)37-18-12-17-34-41(37)45(35)42-40(44(34,4)5)33-26-36(46-27-39(33)48-42)29-13-8-6-9-14-29;1-5-13-24-20(9-1)21-10-2-6-14-25(21)36(24)19-17-26-32-27(18-19)38-34-31(23-12-4-8-16-29(23)40-34)35(32)30-22-11-3-7-15-28(22)39-33(30)37-26;1-3-8-14-12(6-1)18-21(24-14)26-16-10-5-11-17-20(16)23(18)19-13-7-2-4-9-15(13)25-22(19)27-17/h6-27H,1-5H3;1-18,30,33H;1-11,18,21H. The lowest BCUT2D eigenvalue weighted by Gasteiger charge is -2.44. The molecule has 0 radical (unpaired) electrons. The highest BCUT2D eigenvalue weighted by Gasteiger charge is 2.56. The Hall–Kier alpha value is -12.4. The number of hydrogen-bond donors (Lipinski definition) is 0. The predicted molar refractivity (Wildman–Crippen MR) is 476 cm³/mol. The Bertz CT molecular complexity index is 7060. The van der Waals surface area contributed by atoms with Crippen LogP contribution in [-0.2, 0) is 10.8 Å². The zero-order valence-electron chi connectivity index (χ0n) is 63.5. The van der Waals surface area contributed by atoms with Crippen LogP contribution in [0.5, 0.6) is 39.8 Å². The van der Waals surface area contributed by atoms with Crippen molar-refractivity contribution in [3.8, 4) is 67.8 Å². The number of ether oxygens (including phenoxy) is 5. The van der Waals surface area contributed by atoms with Gasteiger partial charge in [0.25, 0.3) is 12.7 Å². The van der Waals surface area contributed by atoms with Crippen LogP contribution in [0.3, 0.4) is 0 Å². The van der Waals surface area contributed by atoms with Crippen molar-refractivity contribution in [1.29, 1.82) is 0 Å². The van der Waals surface area contributed by atoms with E-state index in [0.717, 1.165) is 72.7 Å². The van der Waals surface area contributed by atoms with Gasteiger partial charge in [0.15, 0.2) is 5.06 Å². The fraction of sp³-hybridized carbons (Fsp3) is 0.110. The number of rotatable bonds is 4. The largest absolute Gasteiger partial charge is 0.480 e. The van der Waals surface area contributed by atoms with Crippen molar-refractivity contribution >= 4 is 162 Å². The topological polar surface area (TPSA) is 80.4 Å². The summed E-state index contributed by atoms with van der Waals surface area (Å²) in [6, 6.07) is 109. The summed E-state index contributed by atoms with van der Waals surface area (Å²) >= 11 is 5.55. The van der Waals surface area contributed by atoms with Crippen molar-refractivity contribution in [2.24, 2.45) is 0 Å². The number of pyridine rings is 1. The number of para-hydroxylation sites is 5. The molecule has 9 nitrogen and oxygen atoms in total. The van der Waals surface area contributed by atoms with Crippen molar-refractivity contribution in [2.45, 2.75) is 73.7 Å². The second-order valence-corrected chi connectivity index (χ2v) is 36.1. The zero-order valence-corrected chi connectivity index (χ0v) is 66.0. The Morgan fingerprint density at radius 3 is 1.90 bits per heavy atom. The van der Waals surface area contributed by atoms with Gasteiger partial charge in [-0.05, 0) is 155 Å². The quantitative estimate of drug-likeness (QED) is 0.160. The number of furan rings is 1. The molecule has 548 valence electrons. The molecule has 8 aliphatic heterocycles. The first kappa shape index (κ1) is 67.1. The first-order valence-corrected chi connectivity index (χ1v) is 42.2. The molecule has 26 rings (SSSR count). The molecule has 18 aromatic rings. The second-order valence-electron chi connectivity index (χ2n) is 32.8. The molecule has 115 heavy (non-hydrogen) atoms. The number of fused-ring (bicyclic) bond motifs is 25. The van der Waals surface area contributed by atoms with E-state index in [4.69, 9.17) is 33.1 Å². The summed E-state index contributed by atoms with van der Waals surface area (Å²) < 4.78 is 44.7. The van der Waals surface area contributed by atoms with Gasteiger partial charge in [0.05, 0.1) is 27.1 Å². The number of hydrogen-bond acceptors (Lipinski definition) is 11. The minimum atomic E-state index is -0.352. The van der Waals surface area contributed by atoms with Gasteiger partial charge in [-0.15, -0.1) is 11.3 Å². The third-order valence-corrected chi connectivity index (χ3v) is 28.7. The molecule has 4 unspecified atom stereocenters. The van der Waals surface area contributed by atoms with Crippen molar-refractivity contribution in [2.75, 3.05) is 4.90 Å². The van der Waals surface area contributed by atoms with Crippen LogP contribution in [0.25, 0.3) is 81.0 Å². The normalized spacial score (nSPS) is 17.2. The summed E-state index contributed by atoms with van der Waals surface area (Å²) in [6.45, 7) is 12.0. The van der Waals surface area contributed by atoms with Crippen LogP contribution in [0.4, 0.5) is 17.1 Å². The molecule has 15 heteroatoms. The lowest BCUT2D eigenvalue weighted by molar-refractivity contribution is 0.0179. The minimum absolute atomic E-state index is 0.0146. The lowest BCUT2D eigenvalue weighted by Crippen LogP contribution is -2.63. The molecule has 0 spiro atoms. The molecule has 0 aliphatic carbocycles. The van der Waals surface area contributed by atoms with Crippen LogP contribution in [0.15, 0.2) is 319 Å². The SMILES string of the molecule is CC(C)(C)c1ccc(-c2ccc3c(c2)N(c2ccccc2)c2cccc4c2B3c2sc3cnc(-c5ccccc5)cc3c2C4(C)C)cc1.c1ccc2c(c1)OC1Oc3cccc4c3B(c3c(oc5ccccc35)O4)C21.c1ccc2c(c1)SC1Oc3cc(-n4c5ccccc5c5ccccc54)cc4c3B(c3c(sc5ccccc35)O4)C21. The van der Waals surface area contributed by atoms with Crippen molar-refractivity contribution in [3.63, 3.8) is 0 Å². The van der Waals surface area contributed by atoms with Gasteiger partial charge in [-0.25, -0.2) is 0 Å². The molecular formula is C100H70B3N3O6S3. The van der Waals surface area contributed by atoms with Crippen LogP contribution in [0.2, 0.25) is 0 Å². The minimum Gasteiger partial charge on any atom is -0.480 e. The monoisotopic (exact) mass is 1540 g/mol. The van der Waals surface area contributed by atoms with E-state index in [1.54, 1.807) is 11.3 Å². The summed E-state index contributed by atoms with van der Waals surface area (Å²) in [5, 5.41) is 7.22. The summed E-state index contributed by atoms with van der Waals surface area (Å²) in [6.07, 6.45) is 1.75.